The summed E-state index contributed by atoms with van der Waals surface area (Å²) < 4.78 is 16.9. The molecule has 6 amide bonds. The monoisotopic (exact) mass is 742 g/mol. The topological polar surface area (TPSA) is 185 Å². The minimum atomic E-state index is -1.17. The normalized spacial score (nSPS) is 23.2. The Kier molecular flexibility index (Phi) is 12.4. The molecule has 1 fully saturated rings. The molecule has 1 saturated heterocycles. The van der Waals surface area contributed by atoms with E-state index < -0.39 is 72.2 Å². The predicted octanol–water partition coefficient (Wildman–Crippen LogP) is 1.12. The fourth-order valence-corrected chi connectivity index (χ4v) is 6.26. The fraction of sp³-hybridized carbons (Fsp3) is 0.385. The molecule has 3 aromatic rings. The number of fused-ring (bicyclic) bond motifs is 2. The van der Waals surface area contributed by atoms with E-state index in [1.54, 1.807) is 66.7 Å². The lowest BCUT2D eigenvalue weighted by Gasteiger charge is -2.33. The molecule has 15 nitrogen and oxygen atoms in total. The number of nitrogens with one attached hydrogen (secondary N) is 4. The van der Waals surface area contributed by atoms with Crippen LogP contribution in [0.4, 0.5) is 0 Å². The molecule has 54 heavy (non-hydrogen) atoms. The van der Waals surface area contributed by atoms with Crippen molar-refractivity contribution < 1.29 is 43.0 Å². The number of nitrogens with zero attached hydrogens (tertiary/aromatic N) is 2. The summed E-state index contributed by atoms with van der Waals surface area (Å²) in [5, 5.41) is 10.7. The maximum absolute atomic E-state index is 14.4. The van der Waals surface area contributed by atoms with Crippen LogP contribution in [0.25, 0.3) is 0 Å². The summed E-state index contributed by atoms with van der Waals surface area (Å²) in [7, 11) is 5.92. The average Bonchev–Trinajstić information content (AvgIpc) is 3.16. The Hall–Kier alpha value is -6.12. The lowest BCUT2D eigenvalue weighted by Crippen LogP contribution is -2.60. The van der Waals surface area contributed by atoms with Crippen molar-refractivity contribution in [3.63, 3.8) is 0 Å². The largest absolute Gasteiger partial charge is 0.497 e. The van der Waals surface area contributed by atoms with Crippen LogP contribution in [0.3, 0.4) is 0 Å². The molecule has 286 valence electrons. The SMILES string of the molecule is COc1ccc(C[C@H]2C(=O)N[C@@H](C)C(=O)N[C@H]3Cc4ccc(cc4)Oc4cc(ccc4OC)C[C@@H](C(=O)N[C@H](C)C(=O)NCC(=O)N2C)N(C)C3=O)cc1. The minimum absolute atomic E-state index is 0.00629. The first-order valence-electron chi connectivity index (χ1n) is 17.6. The highest BCUT2D eigenvalue weighted by Crippen LogP contribution is 2.33. The smallest absolute Gasteiger partial charge is 0.245 e. The molecule has 6 bridgehead atoms. The summed E-state index contributed by atoms with van der Waals surface area (Å²) in [5.74, 6) is -1.78. The first-order chi connectivity index (χ1) is 25.8. The van der Waals surface area contributed by atoms with Crippen molar-refractivity contribution >= 4 is 35.4 Å². The zero-order chi connectivity index (χ0) is 39.1. The molecule has 4 N–H and O–H groups in total. The summed E-state index contributed by atoms with van der Waals surface area (Å²) in [5.41, 5.74) is 2.01. The Labute approximate surface area is 313 Å². The fourth-order valence-electron chi connectivity index (χ4n) is 6.26. The van der Waals surface area contributed by atoms with Crippen molar-refractivity contribution in [1.29, 1.82) is 0 Å². The highest BCUT2D eigenvalue weighted by Gasteiger charge is 2.36. The average molecular weight is 743 g/mol. The predicted molar refractivity (Wildman–Crippen MR) is 197 cm³/mol. The summed E-state index contributed by atoms with van der Waals surface area (Å²) in [6, 6.07) is 13.4. The number of carbonyl (C=O) groups is 6. The second-order valence-electron chi connectivity index (χ2n) is 13.4. The lowest BCUT2D eigenvalue weighted by molar-refractivity contribution is -0.143. The van der Waals surface area contributed by atoms with Crippen LogP contribution in [0.1, 0.15) is 30.5 Å². The van der Waals surface area contributed by atoms with Crippen molar-refractivity contribution in [2.24, 2.45) is 0 Å². The third-order valence-electron chi connectivity index (χ3n) is 9.65. The van der Waals surface area contributed by atoms with Crippen LogP contribution in [-0.2, 0) is 48.0 Å². The highest BCUT2D eigenvalue weighted by molar-refractivity contribution is 5.97. The van der Waals surface area contributed by atoms with Gasteiger partial charge in [0.1, 0.15) is 41.7 Å². The summed E-state index contributed by atoms with van der Waals surface area (Å²) in [6.07, 6.45) is 0.122. The number of amides is 6. The third kappa shape index (κ3) is 9.26. The Morgan fingerprint density at radius 2 is 1.35 bits per heavy atom. The standard InChI is InChI=1S/C39H46N6O9/c1-22-35(47)40-21-34(46)44(3)30(18-25-7-12-27(52-5)13-8-25)37(49)42-23(2)36(48)43-29-17-24-9-14-28(15-10-24)54-33-20-26(11-16-32(33)53-6)19-31(38(50)41-22)45(4)39(29)51/h7-16,20,22-23,29-31H,17-19,21H2,1-6H3,(H,40,47)(H,41,50)(H,42,49)(H,43,48)/t22-,23+,29+,30+,31+/m1/s1. The molecule has 0 aromatic heterocycles. The van der Waals surface area contributed by atoms with E-state index >= 15 is 0 Å². The van der Waals surface area contributed by atoms with Gasteiger partial charge in [-0.1, -0.05) is 30.3 Å². The van der Waals surface area contributed by atoms with Crippen molar-refractivity contribution in [2.75, 3.05) is 34.9 Å². The summed E-state index contributed by atoms with van der Waals surface area (Å²) in [6.45, 7) is 2.45. The van der Waals surface area contributed by atoms with E-state index in [9.17, 15) is 28.8 Å². The molecular formula is C39H46N6O9. The van der Waals surface area contributed by atoms with E-state index in [1.165, 1.54) is 52.0 Å². The number of rotatable bonds is 4. The van der Waals surface area contributed by atoms with E-state index in [0.29, 0.717) is 39.7 Å². The van der Waals surface area contributed by atoms with Crippen molar-refractivity contribution in [3.8, 4) is 23.0 Å². The Morgan fingerprint density at radius 3 is 2.02 bits per heavy atom. The molecule has 3 aromatic carbocycles. The molecular weight excluding hydrogens is 696 g/mol. The summed E-state index contributed by atoms with van der Waals surface area (Å²) in [4.78, 5) is 85.1. The molecule has 6 rings (SSSR count). The van der Waals surface area contributed by atoms with Gasteiger partial charge in [0.25, 0.3) is 0 Å². The van der Waals surface area contributed by atoms with Gasteiger partial charge in [-0.2, -0.15) is 0 Å². The van der Waals surface area contributed by atoms with Gasteiger partial charge in [-0.25, -0.2) is 0 Å². The van der Waals surface area contributed by atoms with Crippen molar-refractivity contribution in [2.45, 2.75) is 63.3 Å². The molecule has 0 spiro atoms. The lowest BCUT2D eigenvalue weighted by atomic mass is 9.99. The van der Waals surface area contributed by atoms with Crippen molar-refractivity contribution in [3.05, 3.63) is 83.4 Å². The number of benzene rings is 3. The molecule has 0 unspecified atom stereocenters. The van der Waals surface area contributed by atoms with E-state index in [1.807, 2.05) is 0 Å². The van der Waals surface area contributed by atoms with Crippen LogP contribution < -0.4 is 35.5 Å². The van der Waals surface area contributed by atoms with Gasteiger partial charge in [-0.15, -0.1) is 0 Å². The van der Waals surface area contributed by atoms with E-state index in [4.69, 9.17) is 14.2 Å². The molecule has 0 saturated carbocycles. The number of carbonyl (C=O) groups excluding carboxylic acids is 6. The van der Waals surface area contributed by atoms with Gasteiger partial charge in [-0.3, -0.25) is 28.8 Å². The highest BCUT2D eigenvalue weighted by atomic mass is 16.5. The van der Waals surface area contributed by atoms with Crippen LogP contribution in [0.5, 0.6) is 23.0 Å². The number of ether oxygens (including phenoxy) is 3. The number of hydrogen-bond acceptors (Lipinski definition) is 9. The van der Waals surface area contributed by atoms with E-state index in [-0.39, 0.29) is 19.3 Å². The van der Waals surface area contributed by atoms with Gasteiger partial charge in [0.05, 0.1) is 20.8 Å². The van der Waals surface area contributed by atoms with Gasteiger partial charge in [0.15, 0.2) is 11.5 Å². The Bertz CT molecular complexity index is 1880. The number of hydrogen-bond donors (Lipinski definition) is 4. The summed E-state index contributed by atoms with van der Waals surface area (Å²) >= 11 is 0. The first kappa shape index (κ1) is 39.1. The van der Waals surface area contributed by atoms with Gasteiger partial charge < -0.3 is 45.3 Å². The Balaban J connectivity index is 1.52. The second-order valence-corrected chi connectivity index (χ2v) is 13.4. The van der Waals surface area contributed by atoms with Gasteiger partial charge in [-0.05, 0) is 66.9 Å². The molecule has 15 heteroatoms. The van der Waals surface area contributed by atoms with Crippen LogP contribution in [0.2, 0.25) is 0 Å². The molecule has 0 aliphatic carbocycles. The zero-order valence-electron chi connectivity index (χ0n) is 31.1. The third-order valence-corrected chi connectivity index (χ3v) is 9.65. The van der Waals surface area contributed by atoms with Crippen LogP contribution >= 0.6 is 0 Å². The molecule has 0 radical (unpaired) electrons. The van der Waals surface area contributed by atoms with Crippen LogP contribution in [0, 0.1) is 0 Å². The maximum atomic E-state index is 14.4. The van der Waals surface area contributed by atoms with Crippen LogP contribution in [-0.4, -0.2) is 110 Å². The Morgan fingerprint density at radius 1 is 0.704 bits per heavy atom. The van der Waals surface area contributed by atoms with Gasteiger partial charge >= 0.3 is 0 Å². The maximum Gasteiger partial charge on any atom is 0.245 e. The van der Waals surface area contributed by atoms with Gasteiger partial charge in [0.2, 0.25) is 35.4 Å². The van der Waals surface area contributed by atoms with Gasteiger partial charge in [0, 0.05) is 33.4 Å². The zero-order valence-corrected chi connectivity index (χ0v) is 31.1. The van der Waals surface area contributed by atoms with Crippen LogP contribution in [0.15, 0.2) is 66.7 Å². The first-order valence-corrected chi connectivity index (χ1v) is 17.6. The second kappa shape index (κ2) is 17.1. The number of likely N-dealkylation sites (N-methyl/N-ethyl adjacent to an activating group) is 2. The number of methoxy groups -OCH3 is 2. The minimum Gasteiger partial charge on any atom is -0.497 e. The molecule has 5 atom stereocenters. The quantitative estimate of drug-likeness (QED) is 0.304. The van der Waals surface area contributed by atoms with E-state index in [0.717, 1.165) is 0 Å². The van der Waals surface area contributed by atoms with Crippen molar-refractivity contribution in [1.82, 2.24) is 31.1 Å². The molecule has 3 heterocycles. The molecule has 3 aliphatic rings. The molecule has 3 aliphatic heterocycles. The van der Waals surface area contributed by atoms with E-state index in [2.05, 4.69) is 21.3 Å².